The van der Waals surface area contributed by atoms with E-state index in [4.69, 9.17) is 20.3 Å². The molecule has 6 heteroatoms. The second kappa shape index (κ2) is 5.47. The first-order valence-electron chi connectivity index (χ1n) is 4.53. The van der Waals surface area contributed by atoms with Crippen molar-refractivity contribution in [2.24, 2.45) is 5.73 Å². The number of nitrogens with zero attached hydrogens (tertiary/aromatic N) is 2. The molecule has 1 unspecified atom stereocenters. The van der Waals surface area contributed by atoms with E-state index in [2.05, 4.69) is 9.97 Å². The fourth-order valence-corrected chi connectivity index (χ4v) is 1.07. The molecule has 0 aliphatic carbocycles. The normalized spacial score (nSPS) is 12.3. The van der Waals surface area contributed by atoms with Crippen molar-refractivity contribution in [3.63, 3.8) is 0 Å². The second-order valence-corrected chi connectivity index (χ2v) is 2.93. The van der Waals surface area contributed by atoms with E-state index in [-0.39, 0.29) is 19.1 Å². The third-order valence-electron chi connectivity index (χ3n) is 1.98. The minimum Gasteiger partial charge on any atom is -0.481 e. The lowest BCUT2D eigenvalue weighted by Gasteiger charge is -2.12. The molecule has 0 aromatic carbocycles. The summed E-state index contributed by atoms with van der Waals surface area (Å²) in [6.45, 7) is 0.166. The van der Waals surface area contributed by atoms with E-state index in [0.29, 0.717) is 17.6 Å². The predicted molar refractivity (Wildman–Crippen MR) is 54.0 cm³/mol. The minimum absolute atomic E-state index is 0.104. The fourth-order valence-electron chi connectivity index (χ4n) is 1.07. The summed E-state index contributed by atoms with van der Waals surface area (Å²) in [5.74, 6) is 0.915. The lowest BCUT2D eigenvalue weighted by atomic mass is 10.1. The molecule has 0 spiro atoms. The highest BCUT2D eigenvalue weighted by Gasteiger charge is 2.14. The maximum absolute atomic E-state index is 9.07. The van der Waals surface area contributed by atoms with Crippen molar-refractivity contribution < 1.29 is 14.6 Å². The van der Waals surface area contributed by atoms with Gasteiger partial charge in [0.15, 0.2) is 0 Å². The number of rotatable bonds is 5. The lowest BCUT2D eigenvalue weighted by Crippen LogP contribution is -2.19. The average molecular weight is 213 g/mol. The molecule has 0 aliphatic rings. The molecule has 1 atom stereocenters. The van der Waals surface area contributed by atoms with Gasteiger partial charge < -0.3 is 20.3 Å². The van der Waals surface area contributed by atoms with Gasteiger partial charge in [0.25, 0.3) is 0 Å². The fraction of sp³-hybridized carbons (Fsp3) is 0.556. The molecule has 0 aliphatic heterocycles. The van der Waals surface area contributed by atoms with E-state index < -0.39 is 0 Å². The first-order chi connectivity index (χ1) is 7.24. The van der Waals surface area contributed by atoms with Gasteiger partial charge in [0.1, 0.15) is 5.82 Å². The van der Waals surface area contributed by atoms with E-state index in [9.17, 15) is 0 Å². The molecule has 15 heavy (non-hydrogen) atoms. The number of nitrogens with two attached hydrogens (primary N) is 1. The number of methoxy groups -OCH3 is 2. The molecule has 84 valence electrons. The third-order valence-corrected chi connectivity index (χ3v) is 1.98. The van der Waals surface area contributed by atoms with Crippen molar-refractivity contribution >= 4 is 0 Å². The van der Waals surface area contributed by atoms with Crippen LogP contribution >= 0.6 is 0 Å². The third kappa shape index (κ3) is 2.77. The van der Waals surface area contributed by atoms with Crippen LogP contribution in [0, 0.1) is 0 Å². The van der Waals surface area contributed by atoms with Gasteiger partial charge >= 0.3 is 0 Å². The number of ether oxygens (including phenoxy) is 2. The average Bonchev–Trinajstić information content (AvgIpc) is 2.30. The van der Waals surface area contributed by atoms with Crippen LogP contribution in [0.4, 0.5) is 0 Å². The molecule has 0 fully saturated rings. The van der Waals surface area contributed by atoms with Crippen LogP contribution in [0.5, 0.6) is 11.8 Å². The second-order valence-electron chi connectivity index (χ2n) is 2.93. The molecule has 1 aromatic rings. The summed E-state index contributed by atoms with van der Waals surface area (Å²) in [6, 6.07) is 1.56. The first-order valence-corrected chi connectivity index (χ1v) is 4.53. The number of aliphatic hydroxyl groups excluding tert-OH is 1. The molecule has 1 aromatic heterocycles. The van der Waals surface area contributed by atoms with Gasteiger partial charge in [0.2, 0.25) is 11.8 Å². The van der Waals surface area contributed by atoms with Crippen LogP contribution < -0.4 is 15.2 Å². The SMILES string of the molecule is COc1cc(OC)nc(C(CN)CO)n1. The van der Waals surface area contributed by atoms with Crippen LogP contribution in [-0.4, -0.2) is 42.4 Å². The Bertz CT molecular complexity index is 293. The smallest absolute Gasteiger partial charge is 0.220 e. The molecule has 1 rings (SSSR count). The Morgan fingerprint density at radius 2 is 1.87 bits per heavy atom. The highest BCUT2D eigenvalue weighted by atomic mass is 16.5. The van der Waals surface area contributed by atoms with Crippen LogP contribution in [0.25, 0.3) is 0 Å². The van der Waals surface area contributed by atoms with Crippen LogP contribution in [0.3, 0.4) is 0 Å². The zero-order valence-corrected chi connectivity index (χ0v) is 8.80. The number of hydrogen-bond donors (Lipinski definition) is 2. The van der Waals surface area contributed by atoms with Crippen molar-refractivity contribution in [1.82, 2.24) is 9.97 Å². The lowest BCUT2D eigenvalue weighted by molar-refractivity contribution is 0.260. The van der Waals surface area contributed by atoms with Gasteiger partial charge in [0.05, 0.1) is 32.8 Å². The van der Waals surface area contributed by atoms with Gasteiger partial charge in [0, 0.05) is 6.54 Å². The van der Waals surface area contributed by atoms with Crippen molar-refractivity contribution in [1.29, 1.82) is 0 Å². The van der Waals surface area contributed by atoms with Gasteiger partial charge in [-0.1, -0.05) is 0 Å². The molecule has 0 bridgehead atoms. The predicted octanol–water partition coefficient (Wildman–Crippen LogP) is -0.472. The van der Waals surface area contributed by atoms with Gasteiger partial charge in [-0.3, -0.25) is 0 Å². The maximum atomic E-state index is 9.07. The van der Waals surface area contributed by atoms with Crippen molar-refractivity contribution in [3.05, 3.63) is 11.9 Å². The highest BCUT2D eigenvalue weighted by molar-refractivity contribution is 5.22. The Morgan fingerprint density at radius 1 is 1.33 bits per heavy atom. The zero-order chi connectivity index (χ0) is 11.3. The summed E-state index contributed by atoms with van der Waals surface area (Å²) in [4.78, 5) is 8.18. The Balaban J connectivity index is 3.05. The van der Waals surface area contributed by atoms with E-state index in [1.165, 1.54) is 14.2 Å². The van der Waals surface area contributed by atoms with E-state index in [1.54, 1.807) is 6.07 Å². The largest absolute Gasteiger partial charge is 0.481 e. The molecular formula is C9H15N3O3. The van der Waals surface area contributed by atoms with Crippen LogP contribution in [0.2, 0.25) is 0 Å². The monoisotopic (exact) mass is 213 g/mol. The van der Waals surface area contributed by atoms with Gasteiger partial charge in [-0.05, 0) is 0 Å². The quantitative estimate of drug-likeness (QED) is 0.687. The summed E-state index contributed by atoms with van der Waals surface area (Å²) in [5.41, 5.74) is 5.48. The van der Waals surface area contributed by atoms with E-state index in [1.807, 2.05) is 0 Å². The molecule has 1 heterocycles. The Morgan fingerprint density at radius 3 is 2.20 bits per heavy atom. The maximum Gasteiger partial charge on any atom is 0.220 e. The van der Waals surface area contributed by atoms with Crippen LogP contribution in [0.1, 0.15) is 11.7 Å². The Labute approximate surface area is 88.1 Å². The molecular weight excluding hydrogens is 198 g/mol. The molecule has 6 nitrogen and oxygen atoms in total. The summed E-state index contributed by atoms with van der Waals surface area (Å²) in [7, 11) is 3.00. The first kappa shape index (κ1) is 11.7. The molecule has 0 amide bonds. The molecule has 0 saturated heterocycles. The van der Waals surface area contributed by atoms with E-state index >= 15 is 0 Å². The molecule has 0 saturated carbocycles. The van der Waals surface area contributed by atoms with Crippen LogP contribution in [-0.2, 0) is 0 Å². The Kier molecular flexibility index (Phi) is 4.26. The van der Waals surface area contributed by atoms with Crippen molar-refractivity contribution in [3.8, 4) is 11.8 Å². The summed E-state index contributed by atoms with van der Waals surface area (Å²) in [5, 5.41) is 9.07. The van der Waals surface area contributed by atoms with Crippen molar-refractivity contribution in [2.45, 2.75) is 5.92 Å². The Hall–Kier alpha value is -1.40. The number of hydrogen-bond acceptors (Lipinski definition) is 6. The summed E-state index contributed by atoms with van der Waals surface area (Å²) >= 11 is 0. The van der Waals surface area contributed by atoms with Gasteiger partial charge in [-0.2, -0.15) is 9.97 Å². The summed E-state index contributed by atoms with van der Waals surface area (Å²) in [6.07, 6.45) is 0. The summed E-state index contributed by atoms with van der Waals surface area (Å²) < 4.78 is 9.97. The molecule has 0 radical (unpaired) electrons. The standard InChI is InChI=1S/C9H15N3O3/c1-14-7-3-8(15-2)12-9(11-7)6(4-10)5-13/h3,6,13H,4-5,10H2,1-2H3. The number of aromatic nitrogens is 2. The molecule has 3 N–H and O–H groups in total. The van der Waals surface area contributed by atoms with Gasteiger partial charge in [-0.25, -0.2) is 0 Å². The van der Waals surface area contributed by atoms with Gasteiger partial charge in [-0.15, -0.1) is 0 Å². The zero-order valence-electron chi connectivity index (χ0n) is 8.80. The topological polar surface area (TPSA) is 90.5 Å². The highest BCUT2D eigenvalue weighted by Crippen LogP contribution is 2.19. The van der Waals surface area contributed by atoms with Crippen molar-refractivity contribution in [2.75, 3.05) is 27.4 Å². The number of aliphatic hydroxyl groups is 1. The van der Waals surface area contributed by atoms with E-state index in [0.717, 1.165) is 0 Å². The van der Waals surface area contributed by atoms with Crippen LogP contribution in [0.15, 0.2) is 6.07 Å². The minimum atomic E-state index is -0.297.